The van der Waals surface area contributed by atoms with Gasteiger partial charge in [-0.1, -0.05) is 17.7 Å². The SMILES string of the molecule is COc1ccc(C(O)c2cc(Cl)ccc2OC)cc1OC. The molecule has 21 heavy (non-hydrogen) atoms. The second-order valence-electron chi connectivity index (χ2n) is 4.40. The topological polar surface area (TPSA) is 47.9 Å². The molecule has 0 radical (unpaired) electrons. The molecule has 1 atom stereocenters. The molecule has 2 aromatic carbocycles. The molecule has 0 aliphatic carbocycles. The third kappa shape index (κ3) is 3.23. The highest BCUT2D eigenvalue weighted by molar-refractivity contribution is 6.30. The van der Waals surface area contributed by atoms with E-state index in [1.54, 1.807) is 57.7 Å². The van der Waals surface area contributed by atoms with Crippen molar-refractivity contribution in [1.29, 1.82) is 0 Å². The quantitative estimate of drug-likeness (QED) is 0.919. The molecule has 0 aromatic heterocycles. The van der Waals surface area contributed by atoms with E-state index in [2.05, 4.69) is 0 Å². The van der Waals surface area contributed by atoms with Crippen LogP contribution in [0.15, 0.2) is 36.4 Å². The molecular formula is C16H17ClO4. The predicted molar refractivity (Wildman–Crippen MR) is 81.6 cm³/mol. The van der Waals surface area contributed by atoms with E-state index in [9.17, 15) is 5.11 Å². The molecule has 5 heteroatoms. The summed E-state index contributed by atoms with van der Waals surface area (Å²) in [6.07, 6.45) is -0.876. The Balaban J connectivity index is 2.44. The van der Waals surface area contributed by atoms with Gasteiger partial charge in [0.15, 0.2) is 11.5 Å². The Morgan fingerprint density at radius 3 is 2.10 bits per heavy atom. The predicted octanol–water partition coefficient (Wildman–Crippen LogP) is 3.45. The average Bonchev–Trinajstić information content (AvgIpc) is 2.53. The van der Waals surface area contributed by atoms with E-state index >= 15 is 0 Å². The highest BCUT2D eigenvalue weighted by atomic mass is 35.5. The molecule has 0 spiro atoms. The summed E-state index contributed by atoms with van der Waals surface area (Å²) in [5.74, 6) is 1.73. The van der Waals surface area contributed by atoms with E-state index in [1.165, 1.54) is 0 Å². The summed E-state index contributed by atoms with van der Waals surface area (Å²) in [6.45, 7) is 0. The van der Waals surface area contributed by atoms with Crippen molar-refractivity contribution in [1.82, 2.24) is 0 Å². The first-order valence-corrected chi connectivity index (χ1v) is 6.72. The summed E-state index contributed by atoms with van der Waals surface area (Å²) in [5.41, 5.74) is 1.26. The van der Waals surface area contributed by atoms with Crippen LogP contribution in [0.2, 0.25) is 5.02 Å². The van der Waals surface area contributed by atoms with Crippen LogP contribution in [0.3, 0.4) is 0 Å². The van der Waals surface area contributed by atoms with Crippen LogP contribution in [-0.4, -0.2) is 26.4 Å². The van der Waals surface area contributed by atoms with Crippen LogP contribution >= 0.6 is 11.6 Å². The Morgan fingerprint density at radius 2 is 1.48 bits per heavy atom. The molecule has 0 aliphatic heterocycles. The van der Waals surface area contributed by atoms with Gasteiger partial charge in [0.25, 0.3) is 0 Å². The van der Waals surface area contributed by atoms with Crippen molar-refractivity contribution in [2.75, 3.05) is 21.3 Å². The highest BCUT2D eigenvalue weighted by Gasteiger charge is 2.18. The maximum absolute atomic E-state index is 10.6. The second-order valence-corrected chi connectivity index (χ2v) is 4.84. The van der Waals surface area contributed by atoms with E-state index in [0.717, 1.165) is 0 Å². The van der Waals surface area contributed by atoms with Crippen LogP contribution in [0.5, 0.6) is 17.2 Å². The van der Waals surface area contributed by atoms with Crippen LogP contribution in [-0.2, 0) is 0 Å². The average molecular weight is 309 g/mol. The van der Waals surface area contributed by atoms with Gasteiger partial charge in [0.05, 0.1) is 21.3 Å². The minimum atomic E-state index is -0.876. The highest BCUT2D eigenvalue weighted by Crippen LogP contribution is 2.36. The Morgan fingerprint density at radius 1 is 0.857 bits per heavy atom. The summed E-state index contributed by atoms with van der Waals surface area (Å²) < 4.78 is 15.7. The molecule has 0 heterocycles. The van der Waals surface area contributed by atoms with E-state index in [4.69, 9.17) is 25.8 Å². The lowest BCUT2D eigenvalue weighted by molar-refractivity contribution is 0.214. The molecule has 1 unspecified atom stereocenters. The number of aliphatic hydroxyl groups is 1. The minimum absolute atomic E-state index is 0.533. The largest absolute Gasteiger partial charge is 0.496 e. The molecule has 0 amide bonds. The molecule has 0 saturated heterocycles. The van der Waals surface area contributed by atoms with Crippen molar-refractivity contribution in [3.05, 3.63) is 52.5 Å². The summed E-state index contributed by atoms with van der Waals surface area (Å²) in [5, 5.41) is 11.1. The van der Waals surface area contributed by atoms with Gasteiger partial charge < -0.3 is 19.3 Å². The van der Waals surface area contributed by atoms with Crippen molar-refractivity contribution < 1.29 is 19.3 Å². The third-order valence-electron chi connectivity index (χ3n) is 3.21. The van der Waals surface area contributed by atoms with E-state index < -0.39 is 6.10 Å². The molecule has 0 saturated carbocycles. The lowest BCUT2D eigenvalue weighted by Gasteiger charge is -2.17. The first-order valence-electron chi connectivity index (χ1n) is 6.34. The fourth-order valence-electron chi connectivity index (χ4n) is 2.12. The zero-order chi connectivity index (χ0) is 15.4. The summed E-state index contributed by atoms with van der Waals surface area (Å²) >= 11 is 6.00. The fourth-order valence-corrected chi connectivity index (χ4v) is 2.30. The molecule has 1 N–H and O–H groups in total. The van der Waals surface area contributed by atoms with Gasteiger partial charge in [-0.15, -0.1) is 0 Å². The molecule has 2 aromatic rings. The monoisotopic (exact) mass is 308 g/mol. The Labute approximate surface area is 128 Å². The van der Waals surface area contributed by atoms with E-state index in [0.29, 0.717) is 33.4 Å². The van der Waals surface area contributed by atoms with Crippen LogP contribution < -0.4 is 14.2 Å². The van der Waals surface area contributed by atoms with Crippen molar-refractivity contribution in [2.45, 2.75) is 6.10 Å². The van der Waals surface area contributed by atoms with Crippen LogP contribution in [0.25, 0.3) is 0 Å². The van der Waals surface area contributed by atoms with Crippen LogP contribution in [0.1, 0.15) is 17.2 Å². The Bertz CT molecular complexity index is 628. The minimum Gasteiger partial charge on any atom is -0.496 e. The number of ether oxygens (including phenoxy) is 3. The van der Waals surface area contributed by atoms with Crippen molar-refractivity contribution in [3.63, 3.8) is 0 Å². The third-order valence-corrected chi connectivity index (χ3v) is 3.44. The van der Waals surface area contributed by atoms with Gasteiger partial charge in [-0.3, -0.25) is 0 Å². The van der Waals surface area contributed by atoms with Gasteiger partial charge in [0.2, 0.25) is 0 Å². The normalized spacial score (nSPS) is 11.9. The lowest BCUT2D eigenvalue weighted by atomic mass is 10.00. The fraction of sp³-hybridized carbons (Fsp3) is 0.250. The van der Waals surface area contributed by atoms with Gasteiger partial charge in [0.1, 0.15) is 11.9 Å². The van der Waals surface area contributed by atoms with Gasteiger partial charge in [-0.25, -0.2) is 0 Å². The standard InChI is InChI=1S/C16H17ClO4/c1-19-13-7-5-11(17)9-12(13)16(18)10-4-6-14(20-2)15(8-10)21-3/h4-9,16,18H,1-3H3. The van der Waals surface area contributed by atoms with Crippen LogP contribution in [0, 0.1) is 0 Å². The van der Waals surface area contributed by atoms with Crippen molar-refractivity contribution in [3.8, 4) is 17.2 Å². The number of aliphatic hydroxyl groups excluding tert-OH is 1. The summed E-state index contributed by atoms with van der Waals surface area (Å²) in [7, 11) is 4.66. The molecule has 4 nitrogen and oxygen atoms in total. The van der Waals surface area contributed by atoms with Gasteiger partial charge >= 0.3 is 0 Å². The lowest BCUT2D eigenvalue weighted by Crippen LogP contribution is -2.03. The number of halogens is 1. The number of hydrogen-bond acceptors (Lipinski definition) is 4. The van der Waals surface area contributed by atoms with Gasteiger partial charge in [0, 0.05) is 10.6 Å². The van der Waals surface area contributed by atoms with Gasteiger partial charge in [-0.05, 0) is 35.9 Å². The smallest absolute Gasteiger partial charge is 0.161 e. The van der Waals surface area contributed by atoms with Crippen molar-refractivity contribution >= 4 is 11.6 Å². The molecule has 2 rings (SSSR count). The number of rotatable bonds is 5. The summed E-state index contributed by atoms with van der Waals surface area (Å²) in [6, 6.07) is 10.4. The number of benzene rings is 2. The van der Waals surface area contributed by atoms with E-state index in [1.807, 2.05) is 0 Å². The first-order chi connectivity index (χ1) is 10.1. The first kappa shape index (κ1) is 15.5. The molecule has 112 valence electrons. The zero-order valence-corrected chi connectivity index (χ0v) is 12.8. The van der Waals surface area contributed by atoms with E-state index in [-0.39, 0.29) is 0 Å². The molecular weight excluding hydrogens is 292 g/mol. The molecule has 0 bridgehead atoms. The van der Waals surface area contributed by atoms with Crippen molar-refractivity contribution in [2.24, 2.45) is 0 Å². The maximum atomic E-state index is 10.6. The molecule has 0 aliphatic rings. The molecule has 0 fully saturated rings. The van der Waals surface area contributed by atoms with Gasteiger partial charge in [-0.2, -0.15) is 0 Å². The maximum Gasteiger partial charge on any atom is 0.161 e. The Kier molecular flexibility index (Phi) is 4.94. The number of methoxy groups -OCH3 is 3. The number of hydrogen-bond donors (Lipinski definition) is 1. The Hall–Kier alpha value is -1.91. The second kappa shape index (κ2) is 6.70. The zero-order valence-electron chi connectivity index (χ0n) is 12.1. The van der Waals surface area contributed by atoms with Crippen LogP contribution in [0.4, 0.5) is 0 Å². The summed E-state index contributed by atoms with van der Waals surface area (Å²) in [4.78, 5) is 0.